The molecule has 0 saturated carbocycles. The number of carbonyl (C=O) groups excluding carboxylic acids is 1. The predicted octanol–water partition coefficient (Wildman–Crippen LogP) is 0.704. The zero-order valence-electron chi connectivity index (χ0n) is 14.5. The second-order valence-electron chi connectivity index (χ2n) is 6.31. The van der Waals surface area contributed by atoms with Gasteiger partial charge in [0.2, 0.25) is 0 Å². The summed E-state index contributed by atoms with van der Waals surface area (Å²) in [7, 11) is 0.990. The van der Waals surface area contributed by atoms with Gasteiger partial charge in [0.05, 0.1) is 23.4 Å². The molecule has 1 amide bonds. The van der Waals surface area contributed by atoms with Gasteiger partial charge in [-0.05, 0) is 39.6 Å². The molecule has 2 heterocycles. The first-order valence-electron chi connectivity index (χ1n) is 8.18. The Kier molecular flexibility index (Phi) is 6.17. The van der Waals surface area contributed by atoms with E-state index >= 15 is 0 Å². The van der Waals surface area contributed by atoms with E-state index in [0.29, 0.717) is 18.7 Å². The second kappa shape index (κ2) is 7.94. The first-order valence-corrected chi connectivity index (χ1v) is 10.0. The fourth-order valence-electron chi connectivity index (χ4n) is 2.78. The summed E-state index contributed by atoms with van der Waals surface area (Å²) in [5.41, 5.74) is 1.21. The largest absolute Gasteiger partial charge is 0.383 e. The molecule has 1 N–H and O–H groups in total. The third kappa shape index (κ3) is 4.91. The lowest BCUT2D eigenvalue weighted by Gasteiger charge is -2.26. The minimum atomic E-state index is -3.02. The van der Waals surface area contributed by atoms with Crippen LogP contribution in [0.1, 0.15) is 23.8 Å². The van der Waals surface area contributed by atoms with Gasteiger partial charge in [-0.2, -0.15) is 0 Å². The number of pyridine rings is 1. The van der Waals surface area contributed by atoms with Crippen molar-refractivity contribution in [1.29, 1.82) is 0 Å². The molecule has 8 heteroatoms. The van der Waals surface area contributed by atoms with Crippen LogP contribution < -0.4 is 5.32 Å². The van der Waals surface area contributed by atoms with Gasteiger partial charge in [-0.25, -0.2) is 13.4 Å². The van der Waals surface area contributed by atoms with Gasteiger partial charge in [0, 0.05) is 25.7 Å². The SMILES string of the molecule is CCN(C(=O)c1ccc(NCCN(C)C)cn1)C1CCS(=O)(=O)C1. The third-order valence-corrected chi connectivity index (χ3v) is 5.87. The molecule has 1 aliphatic heterocycles. The summed E-state index contributed by atoms with van der Waals surface area (Å²) < 4.78 is 23.3. The molecule has 1 aliphatic rings. The van der Waals surface area contributed by atoms with Gasteiger partial charge < -0.3 is 15.1 Å². The Labute approximate surface area is 144 Å². The molecule has 0 radical (unpaired) electrons. The maximum absolute atomic E-state index is 12.6. The molecule has 1 aromatic rings. The van der Waals surface area contributed by atoms with Crippen molar-refractivity contribution in [2.45, 2.75) is 19.4 Å². The van der Waals surface area contributed by atoms with E-state index in [1.807, 2.05) is 27.1 Å². The van der Waals surface area contributed by atoms with Crippen LogP contribution in [0.2, 0.25) is 0 Å². The summed E-state index contributed by atoms with van der Waals surface area (Å²) >= 11 is 0. The highest BCUT2D eigenvalue weighted by atomic mass is 32.2. The van der Waals surface area contributed by atoms with Crippen LogP contribution >= 0.6 is 0 Å². The Morgan fingerprint density at radius 2 is 2.12 bits per heavy atom. The number of aromatic nitrogens is 1. The number of likely N-dealkylation sites (N-methyl/N-ethyl adjacent to an activating group) is 1. The molecule has 1 fully saturated rings. The molecule has 1 aromatic heterocycles. The van der Waals surface area contributed by atoms with Crippen LogP contribution in [-0.2, 0) is 9.84 Å². The van der Waals surface area contributed by atoms with Crippen molar-refractivity contribution >= 4 is 21.4 Å². The number of nitrogens with one attached hydrogen (secondary N) is 1. The Balaban J connectivity index is 2.00. The molecule has 134 valence electrons. The van der Waals surface area contributed by atoms with Gasteiger partial charge in [0.15, 0.2) is 9.84 Å². The molecule has 24 heavy (non-hydrogen) atoms. The number of hydrogen-bond acceptors (Lipinski definition) is 6. The van der Waals surface area contributed by atoms with Crippen molar-refractivity contribution in [3.63, 3.8) is 0 Å². The van der Waals surface area contributed by atoms with Crippen molar-refractivity contribution in [2.75, 3.05) is 50.6 Å². The lowest BCUT2D eigenvalue weighted by atomic mass is 10.2. The highest BCUT2D eigenvalue weighted by Gasteiger charge is 2.34. The Bertz CT molecular complexity index is 658. The Morgan fingerprint density at radius 3 is 2.62 bits per heavy atom. The molecule has 7 nitrogen and oxygen atoms in total. The number of rotatable bonds is 7. The van der Waals surface area contributed by atoms with Gasteiger partial charge >= 0.3 is 0 Å². The average molecular weight is 354 g/mol. The van der Waals surface area contributed by atoms with Crippen LogP contribution in [0.15, 0.2) is 18.3 Å². The molecule has 0 bridgehead atoms. The first-order chi connectivity index (χ1) is 11.3. The van der Waals surface area contributed by atoms with E-state index < -0.39 is 9.84 Å². The van der Waals surface area contributed by atoms with Crippen LogP contribution in [0, 0.1) is 0 Å². The van der Waals surface area contributed by atoms with Crippen LogP contribution in [0.25, 0.3) is 0 Å². The van der Waals surface area contributed by atoms with Crippen LogP contribution in [0.3, 0.4) is 0 Å². The minimum absolute atomic E-state index is 0.0523. The first kappa shape index (κ1) is 18.7. The van der Waals surface area contributed by atoms with E-state index in [9.17, 15) is 13.2 Å². The molecule has 1 unspecified atom stereocenters. The zero-order valence-corrected chi connectivity index (χ0v) is 15.3. The highest BCUT2D eigenvalue weighted by Crippen LogP contribution is 2.19. The predicted molar refractivity (Wildman–Crippen MR) is 95.1 cm³/mol. The van der Waals surface area contributed by atoms with Gasteiger partial charge in [-0.1, -0.05) is 0 Å². The number of amides is 1. The summed E-state index contributed by atoms with van der Waals surface area (Å²) in [4.78, 5) is 20.6. The molecule has 2 rings (SSSR count). The maximum Gasteiger partial charge on any atom is 0.272 e. The summed E-state index contributed by atoms with van der Waals surface area (Å²) in [6.07, 6.45) is 2.15. The Hall–Kier alpha value is -1.67. The summed E-state index contributed by atoms with van der Waals surface area (Å²) in [6, 6.07) is 3.27. The molecule has 1 atom stereocenters. The topological polar surface area (TPSA) is 82.6 Å². The van der Waals surface area contributed by atoms with Crippen molar-refractivity contribution in [1.82, 2.24) is 14.8 Å². The molecule has 0 aromatic carbocycles. The number of carbonyl (C=O) groups is 1. The van der Waals surface area contributed by atoms with Crippen LogP contribution in [0.4, 0.5) is 5.69 Å². The van der Waals surface area contributed by atoms with Gasteiger partial charge in [0.25, 0.3) is 5.91 Å². The van der Waals surface area contributed by atoms with Gasteiger partial charge in [-0.15, -0.1) is 0 Å². The summed E-state index contributed by atoms with van der Waals surface area (Å²) in [5.74, 6) is -0.000157. The average Bonchev–Trinajstić information content (AvgIpc) is 2.88. The highest BCUT2D eigenvalue weighted by molar-refractivity contribution is 7.91. The van der Waals surface area contributed by atoms with E-state index in [4.69, 9.17) is 0 Å². The monoisotopic (exact) mass is 354 g/mol. The molecular formula is C16H26N4O3S. The number of sulfone groups is 1. The van der Waals surface area contributed by atoms with Crippen molar-refractivity contribution in [3.05, 3.63) is 24.0 Å². The zero-order chi connectivity index (χ0) is 17.7. The normalized spacial score (nSPS) is 19.4. The smallest absolute Gasteiger partial charge is 0.272 e. The summed E-state index contributed by atoms with van der Waals surface area (Å²) in [5, 5.41) is 3.24. The number of nitrogens with zero attached hydrogens (tertiary/aromatic N) is 3. The molecule has 0 spiro atoms. The van der Waals surface area contributed by atoms with Crippen molar-refractivity contribution < 1.29 is 13.2 Å². The van der Waals surface area contributed by atoms with Crippen molar-refractivity contribution in [3.8, 4) is 0 Å². The van der Waals surface area contributed by atoms with E-state index in [-0.39, 0.29) is 23.5 Å². The minimum Gasteiger partial charge on any atom is -0.383 e. The van der Waals surface area contributed by atoms with E-state index in [2.05, 4.69) is 15.2 Å². The molecule has 0 aliphatic carbocycles. The van der Waals surface area contributed by atoms with E-state index in [1.54, 1.807) is 17.2 Å². The van der Waals surface area contributed by atoms with E-state index in [0.717, 1.165) is 18.8 Å². The molecule has 1 saturated heterocycles. The fraction of sp³-hybridized carbons (Fsp3) is 0.625. The van der Waals surface area contributed by atoms with Crippen molar-refractivity contribution in [2.24, 2.45) is 0 Å². The lowest BCUT2D eigenvalue weighted by molar-refractivity contribution is 0.0702. The quantitative estimate of drug-likeness (QED) is 0.776. The third-order valence-electron chi connectivity index (χ3n) is 4.12. The Morgan fingerprint density at radius 1 is 1.38 bits per heavy atom. The maximum atomic E-state index is 12.6. The summed E-state index contributed by atoms with van der Waals surface area (Å²) in [6.45, 7) is 4.03. The van der Waals surface area contributed by atoms with Crippen LogP contribution in [-0.4, -0.2) is 80.4 Å². The van der Waals surface area contributed by atoms with Gasteiger partial charge in [-0.3, -0.25) is 4.79 Å². The lowest BCUT2D eigenvalue weighted by Crippen LogP contribution is -2.41. The fourth-order valence-corrected chi connectivity index (χ4v) is 4.52. The number of hydrogen-bond donors (Lipinski definition) is 1. The standard InChI is InChI=1S/C16H26N4O3S/c1-4-20(14-7-10-24(22,23)12-14)16(21)15-6-5-13(11-18-15)17-8-9-19(2)3/h5-6,11,14,17H,4,7-10,12H2,1-3H3. The van der Waals surface area contributed by atoms with E-state index in [1.165, 1.54) is 0 Å². The number of anilines is 1. The second-order valence-corrected chi connectivity index (χ2v) is 8.54. The van der Waals surface area contributed by atoms with Gasteiger partial charge in [0.1, 0.15) is 5.69 Å². The molecular weight excluding hydrogens is 328 g/mol. The van der Waals surface area contributed by atoms with Crippen LogP contribution in [0.5, 0.6) is 0 Å².